The summed E-state index contributed by atoms with van der Waals surface area (Å²) < 4.78 is 12.3. The number of aryl methyl sites for hydroxylation is 1. The molecule has 1 aromatic carbocycles. The minimum atomic E-state index is -0.505. The summed E-state index contributed by atoms with van der Waals surface area (Å²) in [5, 5.41) is 0. The first kappa shape index (κ1) is 13.9. The van der Waals surface area contributed by atoms with Crippen LogP contribution in [-0.4, -0.2) is 29.2 Å². The number of rotatable bonds is 5. The summed E-state index contributed by atoms with van der Waals surface area (Å²) in [6, 6.07) is 5.07. The highest BCUT2D eigenvalue weighted by Gasteiger charge is 2.16. The molecule has 1 aromatic heterocycles. The number of anilines is 1. The van der Waals surface area contributed by atoms with Crippen LogP contribution in [0.1, 0.15) is 16.2 Å². The van der Waals surface area contributed by atoms with Crippen molar-refractivity contribution < 1.29 is 14.3 Å². The van der Waals surface area contributed by atoms with Crippen LogP contribution in [0.3, 0.4) is 0 Å². The lowest BCUT2D eigenvalue weighted by Gasteiger charge is -2.12. The third-order valence-electron chi connectivity index (χ3n) is 2.95. The van der Waals surface area contributed by atoms with E-state index in [1.807, 2.05) is 17.8 Å². The van der Waals surface area contributed by atoms with Crippen LogP contribution in [0.15, 0.2) is 30.6 Å². The Morgan fingerprint density at radius 1 is 1.45 bits per heavy atom. The molecule has 0 radical (unpaired) electrons. The van der Waals surface area contributed by atoms with Gasteiger partial charge in [-0.3, -0.25) is 0 Å². The van der Waals surface area contributed by atoms with Crippen molar-refractivity contribution in [2.75, 3.05) is 19.5 Å². The molecule has 0 aliphatic rings. The molecule has 20 heavy (non-hydrogen) atoms. The minimum Gasteiger partial charge on any atom is -0.492 e. The maximum absolute atomic E-state index is 11.7. The van der Waals surface area contributed by atoms with E-state index in [9.17, 15) is 4.79 Å². The van der Waals surface area contributed by atoms with E-state index in [4.69, 9.17) is 15.2 Å². The molecule has 6 heteroatoms. The predicted molar refractivity (Wildman–Crippen MR) is 74.6 cm³/mol. The van der Waals surface area contributed by atoms with Crippen molar-refractivity contribution in [2.24, 2.45) is 7.05 Å². The number of hydrogen-bond acceptors (Lipinski definition) is 5. The number of imidazole rings is 1. The SMILES string of the molecule is COC(=O)c1c(N)cccc1OCCc1nccn1C. The molecule has 0 unspecified atom stereocenters. The highest BCUT2D eigenvalue weighted by Crippen LogP contribution is 2.25. The van der Waals surface area contributed by atoms with Gasteiger partial charge in [0.2, 0.25) is 0 Å². The van der Waals surface area contributed by atoms with Gasteiger partial charge in [0.05, 0.1) is 13.7 Å². The first-order valence-electron chi connectivity index (χ1n) is 6.19. The van der Waals surface area contributed by atoms with E-state index in [-0.39, 0.29) is 5.56 Å². The van der Waals surface area contributed by atoms with Crippen molar-refractivity contribution in [3.8, 4) is 5.75 Å². The van der Waals surface area contributed by atoms with Gasteiger partial charge in [-0.25, -0.2) is 9.78 Å². The standard InChI is InChI=1S/C14H17N3O3/c1-17-8-7-16-12(17)6-9-20-11-5-3-4-10(15)13(11)14(18)19-2/h3-5,7-8H,6,9,15H2,1-2H3. The fourth-order valence-corrected chi connectivity index (χ4v) is 1.88. The van der Waals surface area contributed by atoms with Crippen molar-refractivity contribution in [1.82, 2.24) is 9.55 Å². The van der Waals surface area contributed by atoms with Crippen molar-refractivity contribution in [2.45, 2.75) is 6.42 Å². The molecule has 0 saturated carbocycles. The maximum atomic E-state index is 11.7. The van der Waals surface area contributed by atoms with E-state index < -0.39 is 5.97 Å². The average Bonchev–Trinajstić information content (AvgIpc) is 2.84. The zero-order valence-corrected chi connectivity index (χ0v) is 11.5. The maximum Gasteiger partial charge on any atom is 0.343 e. The number of carbonyl (C=O) groups excluding carboxylic acids is 1. The lowest BCUT2D eigenvalue weighted by atomic mass is 10.1. The number of carbonyl (C=O) groups is 1. The molecule has 2 rings (SSSR count). The van der Waals surface area contributed by atoms with Crippen molar-refractivity contribution in [3.63, 3.8) is 0 Å². The van der Waals surface area contributed by atoms with Gasteiger partial charge in [0.15, 0.2) is 0 Å². The van der Waals surface area contributed by atoms with Crippen LogP contribution < -0.4 is 10.5 Å². The summed E-state index contributed by atoms with van der Waals surface area (Å²) in [6.07, 6.45) is 4.24. The second-order valence-electron chi connectivity index (χ2n) is 4.26. The number of benzene rings is 1. The minimum absolute atomic E-state index is 0.259. The number of hydrogen-bond donors (Lipinski definition) is 1. The number of nitrogens with two attached hydrogens (primary N) is 1. The second-order valence-corrected chi connectivity index (χ2v) is 4.26. The predicted octanol–water partition coefficient (Wildman–Crippen LogP) is 1.41. The van der Waals surface area contributed by atoms with Gasteiger partial charge in [-0.05, 0) is 12.1 Å². The first-order chi connectivity index (χ1) is 9.63. The molecular weight excluding hydrogens is 258 g/mol. The molecule has 1 heterocycles. The van der Waals surface area contributed by atoms with Gasteiger partial charge in [0.25, 0.3) is 0 Å². The highest BCUT2D eigenvalue weighted by molar-refractivity contribution is 5.98. The Morgan fingerprint density at radius 3 is 2.90 bits per heavy atom. The Bertz CT molecular complexity index is 607. The van der Waals surface area contributed by atoms with E-state index in [0.29, 0.717) is 24.5 Å². The van der Waals surface area contributed by atoms with Gasteiger partial charge in [-0.1, -0.05) is 6.07 Å². The first-order valence-corrected chi connectivity index (χ1v) is 6.19. The summed E-state index contributed by atoms with van der Waals surface area (Å²) in [6.45, 7) is 0.401. The molecule has 0 spiro atoms. The Balaban J connectivity index is 2.08. The molecule has 2 N–H and O–H groups in total. The van der Waals surface area contributed by atoms with Gasteiger partial charge in [-0.15, -0.1) is 0 Å². The monoisotopic (exact) mass is 275 g/mol. The summed E-state index contributed by atoms with van der Waals surface area (Å²) in [5.41, 5.74) is 6.39. The highest BCUT2D eigenvalue weighted by atomic mass is 16.5. The van der Waals surface area contributed by atoms with E-state index >= 15 is 0 Å². The van der Waals surface area contributed by atoms with Crippen LogP contribution in [0.25, 0.3) is 0 Å². The van der Waals surface area contributed by atoms with Crippen LogP contribution >= 0.6 is 0 Å². The van der Waals surface area contributed by atoms with Gasteiger partial charge < -0.3 is 19.8 Å². The fourth-order valence-electron chi connectivity index (χ4n) is 1.88. The van der Waals surface area contributed by atoms with Crippen molar-refractivity contribution in [1.29, 1.82) is 0 Å². The number of nitrogen functional groups attached to an aromatic ring is 1. The van der Waals surface area contributed by atoms with Crippen LogP contribution in [-0.2, 0) is 18.2 Å². The molecule has 6 nitrogen and oxygen atoms in total. The molecule has 0 saturated heterocycles. The molecule has 0 amide bonds. The lowest BCUT2D eigenvalue weighted by molar-refractivity contribution is 0.0597. The summed E-state index contributed by atoms with van der Waals surface area (Å²) in [4.78, 5) is 15.9. The third-order valence-corrected chi connectivity index (χ3v) is 2.95. The molecule has 0 fully saturated rings. The smallest absolute Gasteiger partial charge is 0.343 e. The number of nitrogens with zero attached hydrogens (tertiary/aromatic N) is 2. The number of aromatic nitrogens is 2. The molecule has 0 bridgehead atoms. The quantitative estimate of drug-likeness (QED) is 0.659. The normalized spacial score (nSPS) is 10.3. The summed E-state index contributed by atoms with van der Waals surface area (Å²) >= 11 is 0. The van der Waals surface area contributed by atoms with Crippen molar-refractivity contribution >= 4 is 11.7 Å². The Kier molecular flexibility index (Phi) is 4.24. The Labute approximate surface area is 117 Å². The van der Waals surface area contributed by atoms with Gasteiger partial charge >= 0.3 is 5.97 Å². The van der Waals surface area contributed by atoms with Crippen LogP contribution in [0, 0.1) is 0 Å². The van der Waals surface area contributed by atoms with Gasteiger partial charge in [0.1, 0.15) is 17.1 Å². The largest absolute Gasteiger partial charge is 0.492 e. The topological polar surface area (TPSA) is 79.4 Å². The molecule has 106 valence electrons. The Morgan fingerprint density at radius 2 is 2.25 bits per heavy atom. The van der Waals surface area contributed by atoms with Crippen LogP contribution in [0.5, 0.6) is 5.75 Å². The zero-order valence-electron chi connectivity index (χ0n) is 11.5. The molecular formula is C14H17N3O3. The summed E-state index contributed by atoms with van der Waals surface area (Å²) in [5.74, 6) is 0.828. The lowest BCUT2D eigenvalue weighted by Crippen LogP contribution is -2.11. The zero-order chi connectivity index (χ0) is 14.5. The van der Waals surface area contributed by atoms with E-state index in [0.717, 1.165) is 5.82 Å². The second kappa shape index (κ2) is 6.10. The molecule has 0 aliphatic heterocycles. The van der Waals surface area contributed by atoms with E-state index in [1.165, 1.54) is 7.11 Å². The van der Waals surface area contributed by atoms with E-state index in [2.05, 4.69) is 4.98 Å². The summed E-state index contributed by atoms with van der Waals surface area (Å²) in [7, 11) is 3.23. The average molecular weight is 275 g/mol. The van der Waals surface area contributed by atoms with Crippen LogP contribution in [0.4, 0.5) is 5.69 Å². The fraction of sp³-hybridized carbons (Fsp3) is 0.286. The molecule has 2 aromatic rings. The van der Waals surface area contributed by atoms with Gasteiger partial charge in [-0.2, -0.15) is 0 Å². The van der Waals surface area contributed by atoms with Crippen LogP contribution in [0.2, 0.25) is 0 Å². The Hall–Kier alpha value is -2.50. The number of ether oxygens (including phenoxy) is 2. The number of methoxy groups -OCH3 is 1. The van der Waals surface area contributed by atoms with Gasteiger partial charge in [0, 0.05) is 31.5 Å². The third kappa shape index (κ3) is 2.90. The molecule has 0 atom stereocenters. The molecule has 0 aliphatic carbocycles. The van der Waals surface area contributed by atoms with Crippen molar-refractivity contribution in [3.05, 3.63) is 42.0 Å². The van der Waals surface area contributed by atoms with E-state index in [1.54, 1.807) is 24.4 Å². The number of esters is 1.